The van der Waals surface area contributed by atoms with Crippen LogP contribution in [0.5, 0.6) is 0 Å². The fourth-order valence-corrected chi connectivity index (χ4v) is 1.10. The Morgan fingerprint density at radius 2 is 1.44 bits per heavy atom. The van der Waals surface area contributed by atoms with Crippen molar-refractivity contribution in [1.82, 2.24) is 5.32 Å². The van der Waals surface area contributed by atoms with E-state index in [2.05, 4.69) is 5.32 Å². The molecule has 0 spiro atoms. The second kappa shape index (κ2) is 5.12. The van der Waals surface area contributed by atoms with Crippen LogP contribution >= 0.6 is 0 Å². The molecule has 0 atom stereocenters. The summed E-state index contributed by atoms with van der Waals surface area (Å²) in [4.78, 5) is 23.0. The Kier molecular flexibility index (Phi) is 4.75. The van der Waals surface area contributed by atoms with Gasteiger partial charge in [-0.2, -0.15) is 0 Å². The van der Waals surface area contributed by atoms with Crippen LogP contribution in [0.4, 0.5) is 0 Å². The van der Waals surface area contributed by atoms with Crippen LogP contribution in [0.25, 0.3) is 0 Å². The number of allylic oxidation sites excluding steroid dienone is 1. The lowest BCUT2D eigenvalue weighted by Crippen LogP contribution is -2.56. The average molecular weight is 255 g/mol. The molecule has 104 valence electrons. The van der Waals surface area contributed by atoms with Crippen molar-refractivity contribution in [3.8, 4) is 0 Å². The van der Waals surface area contributed by atoms with Crippen molar-refractivity contribution in [2.75, 3.05) is 0 Å². The first-order valence-electron chi connectivity index (χ1n) is 6.04. The molecule has 0 bridgehead atoms. The van der Waals surface area contributed by atoms with Crippen molar-refractivity contribution >= 4 is 11.9 Å². The Bertz CT molecular complexity index is 360. The number of carbonyl (C=O) groups is 2. The highest BCUT2D eigenvalue weighted by atomic mass is 16.4. The van der Waals surface area contributed by atoms with Crippen molar-refractivity contribution in [3.63, 3.8) is 0 Å². The van der Waals surface area contributed by atoms with Crippen LogP contribution in [0.3, 0.4) is 0 Å². The van der Waals surface area contributed by atoms with Crippen molar-refractivity contribution in [1.29, 1.82) is 0 Å². The van der Waals surface area contributed by atoms with E-state index in [4.69, 9.17) is 0 Å². The monoisotopic (exact) mass is 255 g/mol. The largest absolute Gasteiger partial charge is 0.481 e. The van der Waals surface area contributed by atoms with Gasteiger partial charge in [0.25, 0.3) is 0 Å². The van der Waals surface area contributed by atoms with Crippen molar-refractivity contribution in [2.24, 2.45) is 10.8 Å². The second-order valence-electron chi connectivity index (χ2n) is 6.74. The number of nitrogens with one attached hydrogen (secondary N) is 1. The predicted molar refractivity (Wildman–Crippen MR) is 72.2 cm³/mol. The molecule has 0 unspecified atom stereocenters. The summed E-state index contributed by atoms with van der Waals surface area (Å²) < 4.78 is 0. The molecule has 0 fully saturated rings. The fourth-order valence-electron chi connectivity index (χ4n) is 1.10. The molecule has 0 aromatic carbocycles. The zero-order chi connectivity index (χ0) is 14.8. The van der Waals surface area contributed by atoms with Crippen molar-refractivity contribution in [2.45, 2.75) is 54.0 Å². The number of hydrogen-bond donors (Lipinski definition) is 2. The average Bonchev–Trinajstić information content (AvgIpc) is 2.12. The maximum Gasteiger partial charge on any atom is 0.311 e. The number of amides is 1. The second-order valence-corrected chi connectivity index (χ2v) is 6.74. The number of hydrogen-bond acceptors (Lipinski definition) is 2. The highest BCUT2D eigenvalue weighted by Crippen LogP contribution is 2.30. The van der Waals surface area contributed by atoms with Crippen LogP contribution in [0, 0.1) is 10.8 Å². The molecule has 0 saturated carbocycles. The van der Waals surface area contributed by atoms with Gasteiger partial charge in [-0.15, -0.1) is 0 Å². The van der Waals surface area contributed by atoms with Gasteiger partial charge in [0.2, 0.25) is 5.91 Å². The summed E-state index contributed by atoms with van der Waals surface area (Å²) in [6, 6.07) is 0. The van der Waals surface area contributed by atoms with Gasteiger partial charge in [-0.25, -0.2) is 0 Å². The van der Waals surface area contributed by atoms with Crippen LogP contribution in [0.1, 0.15) is 48.5 Å². The van der Waals surface area contributed by atoms with Crippen LogP contribution < -0.4 is 5.32 Å². The smallest absolute Gasteiger partial charge is 0.311 e. The number of carboxylic acids is 1. The van der Waals surface area contributed by atoms with Crippen molar-refractivity contribution in [3.05, 3.63) is 12.2 Å². The van der Waals surface area contributed by atoms with E-state index in [0.29, 0.717) is 0 Å². The van der Waals surface area contributed by atoms with E-state index in [0.717, 1.165) is 0 Å². The fraction of sp³-hybridized carbons (Fsp3) is 0.714. The first-order valence-corrected chi connectivity index (χ1v) is 6.04. The first-order chi connectivity index (χ1) is 7.79. The van der Waals surface area contributed by atoms with Crippen LogP contribution in [0.2, 0.25) is 0 Å². The molecule has 0 heterocycles. The number of aliphatic carboxylic acids is 1. The molecule has 2 N–H and O–H groups in total. The summed E-state index contributed by atoms with van der Waals surface area (Å²) in [6.45, 7) is 12.6. The third kappa shape index (κ3) is 4.51. The highest BCUT2D eigenvalue weighted by Gasteiger charge is 2.44. The van der Waals surface area contributed by atoms with Gasteiger partial charge >= 0.3 is 5.97 Å². The minimum atomic E-state index is -1.04. The molecule has 18 heavy (non-hydrogen) atoms. The molecule has 1 amide bonds. The summed E-state index contributed by atoms with van der Waals surface area (Å²) in [5.74, 6) is -1.21. The summed E-state index contributed by atoms with van der Waals surface area (Å²) in [6.07, 6.45) is 3.26. The Morgan fingerprint density at radius 1 is 1.00 bits per heavy atom. The lowest BCUT2D eigenvalue weighted by atomic mass is 9.74. The molecule has 4 nitrogen and oxygen atoms in total. The van der Waals surface area contributed by atoms with Gasteiger partial charge in [-0.05, 0) is 39.2 Å². The summed E-state index contributed by atoms with van der Waals surface area (Å²) in [5, 5.41) is 11.9. The van der Waals surface area contributed by atoms with E-state index in [-0.39, 0.29) is 11.3 Å². The molecule has 0 rings (SSSR count). The Labute approximate surface area is 109 Å². The van der Waals surface area contributed by atoms with Crippen LogP contribution in [-0.4, -0.2) is 22.5 Å². The Morgan fingerprint density at radius 3 is 1.78 bits per heavy atom. The molecular formula is C14H25NO3. The van der Waals surface area contributed by atoms with E-state index in [9.17, 15) is 14.7 Å². The van der Waals surface area contributed by atoms with E-state index in [1.54, 1.807) is 33.8 Å². The van der Waals surface area contributed by atoms with E-state index in [1.165, 1.54) is 6.08 Å². The lowest BCUT2D eigenvalue weighted by Gasteiger charge is -2.38. The zero-order valence-corrected chi connectivity index (χ0v) is 12.4. The number of rotatable bonds is 4. The number of carbonyl (C=O) groups excluding carboxylic acids is 1. The molecule has 0 aliphatic carbocycles. The van der Waals surface area contributed by atoms with E-state index in [1.807, 2.05) is 20.8 Å². The molecular weight excluding hydrogens is 230 g/mol. The number of carboxylic acid groups (broad SMARTS) is 1. The van der Waals surface area contributed by atoms with Gasteiger partial charge in [-0.3, -0.25) is 9.59 Å². The SMILES string of the molecule is CC(C)(C)/C=C/C(=O)NC(C)(C)C(C)(C)C(=O)O. The quantitative estimate of drug-likeness (QED) is 0.759. The molecule has 0 radical (unpaired) electrons. The normalized spacial score (nSPS) is 13.7. The molecule has 0 aliphatic heterocycles. The first kappa shape index (κ1) is 16.7. The summed E-state index contributed by atoms with van der Waals surface area (Å²) >= 11 is 0. The van der Waals surface area contributed by atoms with E-state index < -0.39 is 16.9 Å². The standard InChI is InChI=1S/C14H25NO3/c1-12(2,3)9-8-10(16)15-14(6,7)13(4,5)11(17)18/h8-9H,1-7H3,(H,15,16)(H,17,18)/b9-8+. The Hall–Kier alpha value is -1.32. The topological polar surface area (TPSA) is 66.4 Å². The summed E-state index contributed by atoms with van der Waals surface area (Å²) in [7, 11) is 0. The van der Waals surface area contributed by atoms with Crippen LogP contribution in [0.15, 0.2) is 12.2 Å². The minimum Gasteiger partial charge on any atom is -0.481 e. The van der Waals surface area contributed by atoms with Gasteiger partial charge in [-0.1, -0.05) is 26.8 Å². The van der Waals surface area contributed by atoms with Crippen molar-refractivity contribution < 1.29 is 14.7 Å². The molecule has 0 saturated heterocycles. The zero-order valence-electron chi connectivity index (χ0n) is 12.4. The third-order valence-electron chi connectivity index (χ3n) is 3.27. The van der Waals surface area contributed by atoms with Gasteiger partial charge in [0.15, 0.2) is 0 Å². The van der Waals surface area contributed by atoms with Gasteiger partial charge < -0.3 is 10.4 Å². The molecule has 4 heteroatoms. The Balaban J connectivity index is 4.85. The van der Waals surface area contributed by atoms with Crippen LogP contribution in [-0.2, 0) is 9.59 Å². The van der Waals surface area contributed by atoms with Gasteiger partial charge in [0, 0.05) is 0 Å². The lowest BCUT2D eigenvalue weighted by molar-refractivity contribution is -0.151. The summed E-state index contributed by atoms with van der Waals surface area (Å²) in [5.41, 5.74) is -1.96. The molecule has 0 aromatic heterocycles. The molecule has 0 aliphatic rings. The highest BCUT2D eigenvalue weighted by molar-refractivity contribution is 5.89. The maximum atomic E-state index is 11.8. The van der Waals surface area contributed by atoms with E-state index >= 15 is 0 Å². The third-order valence-corrected chi connectivity index (χ3v) is 3.27. The van der Waals surface area contributed by atoms with Gasteiger partial charge in [0.1, 0.15) is 0 Å². The minimum absolute atomic E-state index is 0.0796. The maximum absolute atomic E-state index is 11.8. The molecule has 0 aromatic rings. The van der Waals surface area contributed by atoms with Gasteiger partial charge in [0.05, 0.1) is 11.0 Å². The predicted octanol–water partition coefficient (Wildman–Crippen LogP) is 2.59.